The van der Waals surface area contributed by atoms with E-state index in [-0.39, 0.29) is 24.4 Å². The lowest BCUT2D eigenvalue weighted by molar-refractivity contribution is -0.142. The van der Waals surface area contributed by atoms with Crippen molar-refractivity contribution >= 4 is 22.8 Å². The van der Waals surface area contributed by atoms with Crippen LogP contribution in [0.3, 0.4) is 0 Å². The van der Waals surface area contributed by atoms with E-state index in [4.69, 9.17) is 14.2 Å². The standard InChI is InChI=1S/C29H39N5O5/c1-4-39-18-10-17-33(27(35)20-34-25-14-9-8-13-24(25)31-32-34)28(29(36)30-21-11-6-5-7-12-21)23-19-22(37-2)15-16-26(23)38-3/h8-9,13-16,19,21,28H,4-7,10-12,17-18,20H2,1-3H3,(H,30,36)/t28-/m1/s1. The van der Waals surface area contributed by atoms with Crippen LogP contribution in [0.4, 0.5) is 0 Å². The number of benzene rings is 2. The van der Waals surface area contributed by atoms with Gasteiger partial charge in [-0.15, -0.1) is 5.10 Å². The maximum absolute atomic E-state index is 14.1. The Bertz CT molecular complexity index is 1240. The number of fused-ring (bicyclic) bond motifs is 1. The van der Waals surface area contributed by atoms with Gasteiger partial charge in [0.2, 0.25) is 11.8 Å². The largest absolute Gasteiger partial charge is 0.497 e. The Labute approximate surface area is 229 Å². The minimum absolute atomic E-state index is 0.0609. The van der Waals surface area contributed by atoms with Crippen molar-refractivity contribution in [3.8, 4) is 11.5 Å². The molecule has 210 valence electrons. The molecule has 0 bridgehead atoms. The summed E-state index contributed by atoms with van der Waals surface area (Å²) >= 11 is 0. The zero-order chi connectivity index (χ0) is 27.6. The van der Waals surface area contributed by atoms with E-state index in [1.54, 1.807) is 42.0 Å². The zero-order valence-corrected chi connectivity index (χ0v) is 23.1. The Kier molecular flexibility index (Phi) is 10.1. The number of rotatable bonds is 13. The van der Waals surface area contributed by atoms with Crippen LogP contribution in [-0.2, 0) is 20.9 Å². The van der Waals surface area contributed by atoms with Crippen molar-refractivity contribution in [3.05, 3.63) is 48.0 Å². The molecule has 1 atom stereocenters. The van der Waals surface area contributed by atoms with Gasteiger partial charge in [0.15, 0.2) is 0 Å². The topological polar surface area (TPSA) is 108 Å². The molecule has 1 aliphatic rings. The van der Waals surface area contributed by atoms with Crippen molar-refractivity contribution < 1.29 is 23.8 Å². The van der Waals surface area contributed by atoms with Crippen LogP contribution in [0.1, 0.15) is 57.1 Å². The molecule has 1 N–H and O–H groups in total. The highest BCUT2D eigenvalue weighted by Crippen LogP contribution is 2.34. The predicted octanol–water partition coefficient (Wildman–Crippen LogP) is 3.89. The average molecular weight is 538 g/mol. The summed E-state index contributed by atoms with van der Waals surface area (Å²) in [5, 5.41) is 11.6. The molecular formula is C29H39N5O5. The van der Waals surface area contributed by atoms with Crippen LogP contribution < -0.4 is 14.8 Å². The molecule has 0 saturated heterocycles. The fourth-order valence-electron chi connectivity index (χ4n) is 5.16. The monoisotopic (exact) mass is 537 g/mol. The summed E-state index contributed by atoms with van der Waals surface area (Å²) in [5.41, 5.74) is 2.02. The number of methoxy groups -OCH3 is 2. The molecule has 1 heterocycles. The number of para-hydroxylation sites is 1. The Morgan fingerprint density at radius 2 is 1.90 bits per heavy atom. The van der Waals surface area contributed by atoms with Gasteiger partial charge in [-0.1, -0.05) is 36.6 Å². The molecule has 39 heavy (non-hydrogen) atoms. The lowest BCUT2D eigenvalue weighted by Crippen LogP contribution is -2.48. The first-order valence-corrected chi connectivity index (χ1v) is 13.7. The highest BCUT2D eigenvalue weighted by Gasteiger charge is 2.35. The molecule has 2 amide bonds. The summed E-state index contributed by atoms with van der Waals surface area (Å²) in [6, 6.07) is 12.0. The van der Waals surface area contributed by atoms with Gasteiger partial charge in [0.25, 0.3) is 0 Å². The maximum atomic E-state index is 14.1. The van der Waals surface area contributed by atoms with Crippen LogP contribution in [-0.4, -0.2) is 71.7 Å². The third-order valence-corrected chi connectivity index (χ3v) is 7.16. The van der Waals surface area contributed by atoms with E-state index in [1.807, 2.05) is 31.2 Å². The molecule has 3 aromatic rings. The molecule has 10 nitrogen and oxygen atoms in total. The zero-order valence-electron chi connectivity index (χ0n) is 23.1. The van der Waals surface area contributed by atoms with Crippen molar-refractivity contribution in [1.29, 1.82) is 0 Å². The molecule has 4 rings (SSSR count). The first-order valence-electron chi connectivity index (χ1n) is 13.7. The minimum atomic E-state index is -0.930. The molecule has 1 saturated carbocycles. The van der Waals surface area contributed by atoms with Crippen LogP contribution in [0, 0.1) is 0 Å². The number of nitrogens with one attached hydrogen (secondary N) is 1. The van der Waals surface area contributed by atoms with E-state index in [9.17, 15) is 9.59 Å². The van der Waals surface area contributed by atoms with Gasteiger partial charge in [0.1, 0.15) is 29.6 Å². The summed E-state index contributed by atoms with van der Waals surface area (Å²) in [5.74, 6) is 0.594. The molecule has 0 unspecified atom stereocenters. The van der Waals surface area contributed by atoms with Gasteiger partial charge in [-0.05, 0) is 56.5 Å². The predicted molar refractivity (Wildman–Crippen MR) is 148 cm³/mol. The summed E-state index contributed by atoms with van der Waals surface area (Å²) in [6.45, 7) is 3.23. The second-order valence-corrected chi connectivity index (χ2v) is 9.73. The van der Waals surface area contributed by atoms with E-state index in [1.165, 1.54) is 6.42 Å². The van der Waals surface area contributed by atoms with Gasteiger partial charge in [-0.25, -0.2) is 4.68 Å². The van der Waals surface area contributed by atoms with Gasteiger partial charge in [-0.2, -0.15) is 0 Å². The summed E-state index contributed by atoms with van der Waals surface area (Å²) < 4.78 is 18.3. The Morgan fingerprint density at radius 1 is 1.10 bits per heavy atom. The van der Waals surface area contributed by atoms with Crippen LogP contribution >= 0.6 is 0 Å². The van der Waals surface area contributed by atoms with E-state index in [2.05, 4.69) is 15.6 Å². The normalized spacial score (nSPS) is 14.6. The Morgan fingerprint density at radius 3 is 2.64 bits per heavy atom. The molecule has 2 aromatic carbocycles. The minimum Gasteiger partial charge on any atom is -0.497 e. The molecule has 1 aliphatic carbocycles. The second kappa shape index (κ2) is 13.9. The lowest BCUT2D eigenvalue weighted by Gasteiger charge is -2.34. The fraction of sp³-hybridized carbons (Fsp3) is 0.517. The number of nitrogens with zero attached hydrogens (tertiary/aromatic N) is 4. The highest BCUT2D eigenvalue weighted by atomic mass is 16.5. The lowest BCUT2D eigenvalue weighted by atomic mass is 9.94. The third kappa shape index (κ3) is 7.06. The molecule has 1 fully saturated rings. The van der Waals surface area contributed by atoms with Crippen molar-refractivity contribution in [2.75, 3.05) is 34.0 Å². The number of amides is 2. The molecule has 1 aromatic heterocycles. The number of ether oxygens (including phenoxy) is 3. The van der Waals surface area contributed by atoms with E-state index < -0.39 is 6.04 Å². The SMILES string of the molecule is CCOCCCN(C(=O)Cn1nnc2ccccc21)[C@@H](C(=O)NC1CCCCC1)c1cc(OC)ccc1OC. The van der Waals surface area contributed by atoms with Gasteiger partial charge < -0.3 is 24.4 Å². The molecule has 0 radical (unpaired) electrons. The highest BCUT2D eigenvalue weighted by molar-refractivity contribution is 5.90. The quantitative estimate of drug-likeness (QED) is 0.330. The van der Waals surface area contributed by atoms with Crippen LogP contribution in [0.2, 0.25) is 0 Å². The Balaban J connectivity index is 1.72. The van der Waals surface area contributed by atoms with E-state index >= 15 is 0 Å². The van der Waals surface area contributed by atoms with E-state index in [0.29, 0.717) is 48.8 Å². The van der Waals surface area contributed by atoms with Crippen LogP contribution in [0.15, 0.2) is 42.5 Å². The first-order chi connectivity index (χ1) is 19.0. The number of aromatic nitrogens is 3. The number of hydrogen-bond acceptors (Lipinski definition) is 7. The number of hydrogen-bond donors (Lipinski definition) is 1. The molecule has 0 spiro atoms. The van der Waals surface area contributed by atoms with Crippen LogP contribution in [0.5, 0.6) is 11.5 Å². The fourth-order valence-corrected chi connectivity index (χ4v) is 5.16. The van der Waals surface area contributed by atoms with Gasteiger partial charge >= 0.3 is 0 Å². The van der Waals surface area contributed by atoms with Gasteiger partial charge in [0, 0.05) is 31.4 Å². The third-order valence-electron chi connectivity index (χ3n) is 7.16. The number of carbonyl (C=O) groups is 2. The maximum Gasteiger partial charge on any atom is 0.247 e. The summed E-state index contributed by atoms with van der Waals surface area (Å²) in [4.78, 5) is 29.7. The van der Waals surface area contributed by atoms with Crippen molar-refractivity contribution in [2.45, 2.75) is 64.1 Å². The van der Waals surface area contributed by atoms with Crippen LogP contribution in [0.25, 0.3) is 11.0 Å². The summed E-state index contributed by atoms with van der Waals surface area (Å²) in [6.07, 6.45) is 5.75. The summed E-state index contributed by atoms with van der Waals surface area (Å²) in [7, 11) is 3.13. The molecule has 0 aliphatic heterocycles. The molecule has 10 heteroatoms. The van der Waals surface area contributed by atoms with Crippen molar-refractivity contribution in [3.63, 3.8) is 0 Å². The van der Waals surface area contributed by atoms with E-state index in [0.717, 1.165) is 31.2 Å². The van der Waals surface area contributed by atoms with Crippen molar-refractivity contribution in [2.24, 2.45) is 0 Å². The average Bonchev–Trinajstić information content (AvgIpc) is 3.37. The van der Waals surface area contributed by atoms with Crippen molar-refractivity contribution in [1.82, 2.24) is 25.2 Å². The smallest absolute Gasteiger partial charge is 0.247 e. The Hall–Kier alpha value is -3.66. The molecular weight excluding hydrogens is 498 g/mol. The number of carbonyl (C=O) groups excluding carboxylic acids is 2. The van der Waals surface area contributed by atoms with Gasteiger partial charge in [0.05, 0.1) is 19.7 Å². The van der Waals surface area contributed by atoms with Gasteiger partial charge in [-0.3, -0.25) is 9.59 Å². The first kappa shape index (κ1) is 28.4. The second-order valence-electron chi connectivity index (χ2n) is 9.73.